The maximum Gasteiger partial charge on any atom is 0.229 e. The first-order chi connectivity index (χ1) is 13.1. The van der Waals surface area contributed by atoms with Crippen LogP contribution in [0.4, 0.5) is 17.5 Å². The first-order valence-electron chi connectivity index (χ1n) is 9.09. The number of pyridine rings is 1. The highest BCUT2D eigenvalue weighted by atomic mass is 16.5. The Bertz CT molecular complexity index is 852. The topological polar surface area (TPSA) is 63.2 Å². The molecule has 0 bridgehead atoms. The van der Waals surface area contributed by atoms with E-state index in [0.29, 0.717) is 12.6 Å². The van der Waals surface area contributed by atoms with Crippen LogP contribution in [0.5, 0.6) is 5.75 Å². The summed E-state index contributed by atoms with van der Waals surface area (Å²) in [6.45, 7) is 5.47. The van der Waals surface area contributed by atoms with Crippen LogP contribution in [0.25, 0.3) is 0 Å². The Balaban J connectivity index is 1.67. The van der Waals surface area contributed by atoms with Crippen LogP contribution in [-0.2, 0) is 6.42 Å². The minimum atomic E-state index is 0.588. The van der Waals surface area contributed by atoms with Gasteiger partial charge in [0.25, 0.3) is 0 Å². The molecule has 0 fully saturated rings. The van der Waals surface area contributed by atoms with Crippen molar-refractivity contribution in [3.63, 3.8) is 0 Å². The average Bonchev–Trinajstić information content (AvgIpc) is 2.68. The Morgan fingerprint density at radius 1 is 1.04 bits per heavy atom. The molecule has 0 amide bonds. The number of aromatic nitrogens is 3. The van der Waals surface area contributed by atoms with Gasteiger partial charge in [-0.05, 0) is 62.2 Å². The van der Waals surface area contributed by atoms with Crippen molar-refractivity contribution in [1.29, 1.82) is 0 Å². The summed E-state index contributed by atoms with van der Waals surface area (Å²) in [5, 5.41) is 3.27. The molecule has 0 unspecified atom stereocenters. The zero-order valence-corrected chi connectivity index (χ0v) is 16.0. The van der Waals surface area contributed by atoms with Crippen LogP contribution in [-0.4, -0.2) is 35.2 Å². The van der Waals surface area contributed by atoms with Crippen LogP contribution in [0, 0.1) is 6.92 Å². The number of rotatable bonds is 8. The summed E-state index contributed by atoms with van der Waals surface area (Å²) in [6.07, 6.45) is 4.58. The molecule has 2 heterocycles. The highest BCUT2D eigenvalue weighted by molar-refractivity contribution is 5.56. The SMILES string of the molecule is CCOc1ccc(Nc2nc(C)cc(N(C)CCc3ccncc3)n2)cc1. The van der Waals surface area contributed by atoms with E-state index < -0.39 is 0 Å². The zero-order chi connectivity index (χ0) is 19.1. The molecule has 2 aromatic heterocycles. The number of nitrogens with zero attached hydrogens (tertiary/aromatic N) is 4. The molecular weight excluding hydrogens is 338 g/mol. The molecule has 0 aliphatic rings. The van der Waals surface area contributed by atoms with Crippen LogP contribution in [0.3, 0.4) is 0 Å². The van der Waals surface area contributed by atoms with Gasteiger partial charge in [0.15, 0.2) is 0 Å². The number of anilines is 3. The highest BCUT2D eigenvalue weighted by Crippen LogP contribution is 2.20. The lowest BCUT2D eigenvalue weighted by Gasteiger charge is -2.19. The summed E-state index contributed by atoms with van der Waals surface area (Å²) < 4.78 is 5.47. The Hall–Kier alpha value is -3.15. The van der Waals surface area contributed by atoms with Gasteiger partial charge in [0.1, 0.15) is 11.6 Å². The van der Waals surface area contributed by atoms with Gasteiger partial charge in [-0.3, -0.25) is 4.98 Å². The molecular formula is C21H25N5O. The van der Waals surface area contributed by atoms with E-state index in [1.165, 1.54) is 5.56 Å². The number of benzene rings is 1. The quantitative estimate of drug-likeness (QED) is 0.653. The summed E-state index contributed by atoms with van der Waals surface area (Å²) >= 11 is 0. The molecule has 0 radical (unpaired) electrons. The second-order valence-corrected chi connectivity index (χ2v) is 6.30. The van der Waals surface area contributed by atoms with E-state index in [1.54, 1.807) is 0 Å². The number of hydrogen-bond acceptors (Lipinski definition) is 6. The second-order valence-electron chi connectivity index (χ2n) is 6.30. The van der Waals surface area contributed by atoms with Gasteiger partial charge in [-0.15, -0.1) is 0 Å². The number of hydrogen-bond donors (Lipinski definition) is 1. The van der Waals surface area contributed by atoms with E-state index in [-0.39, 0.29) is 0 Å². The Morgan fingerprint density at radius 2 is 1.78 bits per heavy atom. The summed E-state index contributed by atoms with van der Waals surface area (Å²) in [7, 11) is 2.05. The molecule has 140 valence electrons. The van der Waals surface area contributed by atoms with Crippen LogP contribution in [0.1, 0.15) is 18.2 Å². The molecule has 0 atom stereocenters. The van der Waals surface area contributed by atoms with Gasteiger partial charge in [-0.2, -0.15) is 4.98 Å². The van der Waals surface area contributed by atoms with Crippen LogP contribution in [0.2, 0.25) is 0 Å². The monoisotopic (exact) mass is 363 g/mol. The van der Waals surface area contributed by atoms with Crippen molar-refractivity contribution >= 4 is 17.5 Å². The number of ether oxygens (including phenoxy) is 1. The van der Waals surface area contributed by atoms with Crippen LogP contribution in [0.15, 0.2) is 54.9 Å². The molecule has 6 heteroatoms. The van der Waals surface area contributed by atoms with Gasteiger partial charge in [-0.1, -0.05) is 0 Å². The van der Waals surface area contributed by atoms with E-state index in [1.807, 2.05) is 75.8 Å². The summed E-state index contributed by atoms with van der Waals surface area (Å²) in [4.78, 5) is 15.4. The van der Waals surface area contributed by atoms with Gasteiger partial charge in [-0.25, -0.2) is 4.98 Å². The van der Waals surface area contributed by atoms with Gasteiger partial charge in [0.05, 0.1) is 6.61 Å². The smallest absolute Gasteiger partial charge is 0.229 e. The summed E-state index contributed by atoms with van der Waals surface area (Å²) in [6, 6.07) is 13.9. The molecule has 1 aromatic carbocycles. The van der Waals surface area contributed by atoms with Crippen LogP contribution >= 0.6 is 0 Å². The third-order valence-electron chi connectivity index (χ3n) is 4.14. The molecule has 6 nitrogen and oxygen atoms in total. The number of aryl methyl sites for hydroxylation is 1. The average molecular weight is 363 g/mol. The van der Waals surface area contributed by atoms with Gasteiger partial charge in [0.2, 0.25) is 5.95 Å². The fourth-order valence-electron chi connectivity index (χ4n) is 2.69. The lowest BCUT2D eigenvalue weighted by Crippen LogP contribution is -2.22. The van der Waals surface area contributed by atoms with Gasteiger partial charge < -0.3 is 15.0 Å². The van der Waals surface area contributed by atoms with Crippen molar-refractivity contribution in [2.45, 2.75) is 20.3 Å². The van der Waals surface area contributed by atoms with E-state index >= 15 is 0 Å². The third kappa shape index (κ3) is 5.41. The minimum absolute atomic E-state index is 0.588. The molecule has 3 aromatic rings. The first-order valence-corrected chi connectivity index (χ1v) is 9.09. The largest absolute Gasteiger partial charge is 0.494 e. The van der Waals surface area contributed by atoms with Crippen LogP contribution < -0.4 is 15.0 Å². The molecule has 0 aliphatic heterocycles. The second kappa shape index (κ2) is 8.98. The fraction of sp³-hybridized carbons (Fsp3) is 0.286. The van der Waals surface area contributed by atoms with E-state index in [2.05, 4.69) is 25.2 Å². The van der Waals surface area contributed by atoms with Gasteiger partial charge in [0, 0.05) is 43.4 Å². The summed E-state index contributed by atoms with van der Waals surface area (Å²) in [5.41, 5.74) is 3.11. The molecule has 0 spiro atoms. The normalized spacial score (nSPS) is 10.5. The number of nitrogens with one attached hydrogen (secondary N) is 1. The lowest BCUT2D eigenvalue weighted by atomic mass is 10.2. The molecule has 3 rings (SSSR count). The van der Waals surface area contributed by atoms with Crippen molar-refractivity contribution in [3.8, 4) is 5.75 Å². The van der Waals surface area contributed by atoms with Gasteiger partial charge >= 0.3 is 0 Å². The van der Waals surface area contributed by atoms with E-state index in [4.69, 9.17) is 4.74 Å². The maximum atomic E-state index is 5.47. The van der Waals surface area contributed by atoms with Crippen molar-refractivity contribution in [2.75, 3.05) is 30.4 Å². The fourth-order valence-corrected chi connectivity index (χ4v) is 2.69. The minimum Gasteiger partial charge on any atom is -0.494 e. The van der Waals surface area contributed by atoms with Crippen molar-refractivity contribution in [1.82, 2.24) is 15.0 Å². The predicted molar refractivity (Wildman–Crippen MR) is 109 cm³/mol. The Kier molecular flexibility index (Phi) is 6.20. The van der Waals surface area contributed by atoms with Crippen molar-refractivity contribution < 1.29 is 4.74 Å². The number of likely N-dealkylation sites (N-methyl/N-ethyl adjacent to an activating group) is 1. The van der Waals surface area contributed by atoms with E-state index in [9.17, 15) is 0 Å². The molecule has 0 saturated carbocycles. The standard InChI is InChI=1S/C21H25N5O/c1-4-27-19-7-5-18(6-8-19)24-21-23-16(2)15-20(25-21)26(3)14-11-17-9-12-22-13-10-17/h5-10,12-13,15H,4,11,14H2,1-3H3,(H,23,24,25). The summed E-state index contributed by atoms with van der Waals surface area (Å²) in [5.74, 6) is 2.33. The highest BCUT2D eigenvalue weighted by Gasteiger charge is 2.08. The lowest BCUT2D eigenvalue weighted by molar-refractivity contribution is 0.340. The maximum absolute atomic E-state index is 5.47. The molecule has 0 saturated heterocycles. The Morgan fingerprint density at radius 3 is 2.48 bits per heavy atom. The third-order valence-corrected chi connectivity index (χ3v) is 4.14. The van der Waals surface area contributed by atoms with Crippen molar-refractivity contribution in [2.24, 2.45) is 0 Å². The van der Waals surface area contributed by atoms with Crippen molar-refractivity contribution in [3.05, 3.63) is 66.1 Å². The van der Waals surface area contributed by atoms with E-state index in [0.717, 1.165) is 35.9 Å². The zero-order valence-electron chi connectivity index (χ0n) is 16.0. The molecule has 0 aliphatic carbocycles. The molecule has 1 N–H and O–H groups in total. The Labute approximate surface area is 160 Å². The first kappa shape index (κ1) is 18.6. The predicted octanol–water partition coefficient (Wildman–Crippen LogP) is 4.00. The molecule has 27 heavy (non-hydrogen) atoms.